The van der Waals surface area contributed by atoms with Crippen molar-refractivity contribution < 1.29 is 17.9 Å². The fraction of sp³-hybridized carbons (Fsp3) is 0.467. The van der Waals surface area contributed by atoms with Crippen molar-refractivity contribution in [1.82, 2.24) is 0 Å². The Morgan fingerprint density at radius 3 is 2.38 bits per heavy atom. The Kier molecular flexibility index (Phi) is 6.92. The number of ether oxygens (including phenoxy) is 1. The summed E-state index contributed by atoms with van der Waals surface area (Å²) in [7, 11) is -1.13. The fourth-order valence-corrected chi connectivity index (χ4v) is 3.12. The molecule has 21 heavy (non-hydrogen) atoms. The third-order valence-electron chi connectivity index (χ3n) is 3.23. The van der Waals surface area contributed by atoms with Crippen molar-refractivity contribution in [3.63, 3.8) is 0 Å². The smallest absolute Gasteiger partial charge is 0.331 e. The van der Waals surface area contributed by atoms with E-state index in [1.165, 1.54) is 7.11 Å². The van der Waals surface area contributed by atoms with Gasteiger partial charge in [-0.2, -0.15) is 8.42 Å². The Morgan fingerprint density at radius 1 is 1.29 bits per heavy atom. The summed E-state index contributed by atoms with van der Waals surface area (Å²) >= 11 is 6.46. The molecule has 0 radical (unpaired) electrons. The second kappa shape index (κ2) is 8.20. The number of unbranched alkanes of at least 4 members (excludes halogenated alkanes) is 1. The van der Waals surface area contributed by atoms with Crippen LogP contribution in [0.3, 0.4) is 0 Å². The molecule has 1 unspecified atom stereocenters. The molecule has 0 aliphatic heterocycles. The Bertz CT molecular complexity index is 602. The van der Waals surface area contributed by atoms with E-state index < -0.39 is 21.1 Å². The van der Waals surface area contributed by atoms with Crippen molar-refractivity contribution in [2.75, 3.05) is 7.11 Å². The Hall–Kier alpha value is -1.33. The molecule has 0 heterocycles. The molecule has 1 aromatic carbocycles. The molecule has 0 bridgehead atoms. The Balaban J connectivity index is 3.21. The van der Waals surface area contributed by atoms with Gasteiger partial charge >= 0.3 is 5.97 Å². The lowest BCUT2D eigenvalue weighted by Gasteiger charge is -2.24. The van der Waals surface area contributed by atoms with Gasteiger partial charge in [0.25, 0.3) is 0 Å². The lowest BCUT2D eigenvalue weighted by atomic mass is 9.92. The number of rotatable bonds is 7. The largest absolute Gasteiger partial charge is 0.467 e. The monoisotopic (exact) mass is 330 g/mol. The predicted octanol–water partition coefficient (Wildman–Crippen LogP) is 2.93. The lowest BCUT2D eigenvalue weighted by Crippen LogP contribution is -2.34. The van der Waals surface area contributed by atoms with E-state index in [-0.39, 0.29) is 11.3 Å². The van der Waals surface area contributed by atoms with Gasteiger partial charge in [0.15, 0.2) is 4.87 Å². The Labute approximate surface area is 131 Å². The molecule has 0 aliphatic rings. The molecule has 0 aromatic heterocycles. The topological polar surface area (TPSA) is 60.4 Å². The highest BCUT2D eigenvalue weighted by molar-refractivity contribution is 7.73. The van der Waals surface area contributed by atoms with Crippen LogP contribution in [-0.4, -0.2) is 26.4 Å². The minimum atomic E-state index is -2.37. The van der Waals surface area contributed by atoms with Crippen molar-refractivity contribution in [2.24, 2.45) is 0 Å². The van der Waals surface area contributed by atoms with Gasteiger partial charge in [-0.05, 0) is 18.4 Å². The van der Waals surface area contributed by atoms with Crippen molar-refractivity contribution in [2.45, 2.75) is 37.5 Å². The molecule has 0 amide bonds. The molecule has 0 spiro atoms. The van der Waals surface area contributed by atoms with E-state index in [0.29, 0.717) is 12.0 Å². The van der Waals surface area contributed by atoms with Crippen LogP contribution in [0.2, 0.25) is 0 Å². The van der Waals surface area contributed by atoms with E-state index in [1.54, 1.807) is 30.3 Å². The van der Waals surface area contributed by atoms with Gasteiger partial charge in [-0.25, -0.2) is 4.79 Å². The minimum absolute atomic E-state index is 0.0820. The van der Waals surface area contributed by atoms with Crippen molar-refractivity contribution in [1.29, 1.82) is 0 Å². The average molecular weight is 331 g/mol. The van der Waals surface area contributed by atoms with E-state index in [4.69, 9.17) is 16.3 Å². The van der Waals surface area contributed by atoms with E-state index in [9.17, 15) is 13.2 Å². The molecule has 0 fully saturated rings. The third kappa shape index (κ3) is 4.58. The van der Waals surface area contributed by atoms with Crippen LogP contribution in [0.4, 0.5) is 0 Å². The summed E-state index contributed by atoms with van der Waals surface area (Å²) in [5.41, 5.74) is 0.526. The average Bonchev–Trinajstić information content (AvgIpc) is 2.50. The van der Waals surface area contributed by atoms with E-state index in [2.05, 4.69) is 0 Å². The Morgan fingerprint density at radius 2 is 1.90 bits per heavy atom. The van der Waals surface area contributed by atoms with Gasteiger partial charge in [0, 0.05) is 6.42 Å². The number of halogens is 1. The van der Waals surface area contributed by atoms with Gasteiger partial charge in [0.2, 0.25) is 10.3 Å². The van der Waals surface area contributed by atoms with Gasteiger partial charge in [0.1, 0.15) is 0 Å². The van der Waals surface area contributed by atoms with Gasteiger partial charge in [-0.3, -0.25) is 0 Å². The van der Waals surface area contributed by atoms with Crippen LogP contribution in [0.5, 0.6) is 0 Å². The molecule has 0 aliphatic carbocycles. The SMILES string of the molecule is CCCCC(CC(Cl)(C(=O)OC)c1ccccc1)=S(=O)=O. The maximum atomic E-state index is 12.1. The van der Waals surface area contributed by atoms with Gasteiger partial charge < -0.3 is 4.74 Å². The highest BCUT2D eigenvalue weighted by Gasteiger charge is 2.40. The minimum Gasteiger partial charge on any atom is -0.467 e. The number of esters is 1. The molecule has 1 atom stereocenters. The normalized spacial score (nSPS) is 13.3. The zero-order chi connectivity index (χ0) is 15.9. The zero-order valence-corrected chi connectivity index (χ0v) is 13.7. The molecule has 1 aromatic rings. The molecular formula is C15H19ClO4S. The second-order valence-electron chi connectivity index (χ2n) is 4.71. The van der Waals surface area contributed by atoms with Crippen LogP contribution < -0.4 is 0 Å². The molecule has 116 valence electrons. The number of methoxy groups -OCH3 is 1. The van der Waals surface area contributed by atoms with E-state index in [0.717, 1.165) is 12.8 Å². The first-order valence-electron chi connectivity index (χ1n) is 6.72. The van der Waals surface area contributed by atoms with E-state index in [1.807, 2.05) is 6.92 Å². The highest BCUT2D eigenvalue weighted by Crippen LogP contribution is 2.35. The molecule has 0 saturated heterocycles. The van der Waals surface area contributed by atoms with Gasteiger partial charge in [0.05, 0.1) is 12.0 Å². The molecule has 6 heteroatoms. The molecular weight excluding hydrogens is 312 g/mol. The summed E-state index contributed by atoms with van der Waals surface area (Å²) in [6.07, 6.45) is 1.90. The van der Waals surface area contributed by atoms with Crippen molar-refractivity contribution in [3.05, 3.63) is 35.9 Å². The molecule has 0 saturated carbocycles. The number of benzene rings is 1. The van der Waals surface area contributed by atoms with Crippen LogP contribution in [0, 0.1) is 0 Å². The van der Waals surface area contributed by atoms with Crippen molar-refractivity contribution >= 4 is 32.7 Å². The molecule has 4 nitrogen and oxygen atoms in total. The summed E-state index contributed by atoms with van der Waals surface area (Å²) in [5.74, 6) is -0.658. The zero-order valence-electron chi connectivity index (χ0n) is 12.1. The van der Waals surface area contributed by atoms with Crippen LogP contribution in [0.1, 0.15) is 38.2 Å². The van der Waals surface area contributed by atoms with E-state index >= 15 is 0 Å². The van der Waals surface area contributed by atoms with Crippen LogP contribution in [0.25, 0.3) is 0 Å². The van der Waals surface area contributed by atoms with Crippen LogP contribution in [-0.2, 0) is 24.7 Å². The summed E-state index contributed by atoms with van der Waals surface area (Å²) in [6, 6.07) is 8.67. The summed E-state index contributed by atoms with van der Waals surface area (Å²) < 4.78 is 27.5. The summed E-state index contributed by atoms with van der Waals surface area (Å²) in [6.45, 7) is 1.97. The lowest BCUT2D eigenvalue weighted by molar-refractivity contribution is -0.144. The van der Waals surface area contributed by atoms with Gasteiger partial charge in [-0.1, -0.05) is 43.7 Å². The second-order valence-corrected chi connectivity index (χ2v) is 6.40. The maximum absolute atomic E-state index is 12.1. The molecule has 0 N–H and O–H groups in total. The number of carbonyl (C=O) groups is 1. The third-order valence-corrected chi connectivity index (χ3v) is 4.55. The number of carbonyl (C=O) groups excluding carboxylic acids is 1. The maximum Gasteiger partial charge on any atom is 0.331 e. The first-order valence-corrected chi connectivity index (χ1v) is 8.17. The summed E-state index contributed by atoms with van der Waals surface area (Å²) in [4.78, 5) is 10.8. The van der Waals surface area contributed by atoms with Crippen LogP contribution in [0.15, 0.2) is 30.3 Å². The highest BCUT2D eigenvalue weighted by atomic mass is 35.5. The number of hydrogen-bond acceptors (Lipinski definition) is 4. The van der Waals surface area contributed by atoms with Crippen LogP contribution >= 0.6 is 11.6 Å². The quantitative estimate of drug-likeness (QED) is 0.438. The van der Waals surface area contributed by atoms with Gasteiger partial charge in [-0.15, -0.1) is 11.6 Å². The summed E-state index contributed by atoms with van der Waals surface area (Å²) in [5, 5.41) is 0. The first kappa shape index (κ1) is 17.7. The van der Waals surface area contributed by atoms with Crippen molar-refractivity contribution in [3.8, 4) is 0 Å². The first-order chi connectivity index (χ1) is 9.95. The fourth-order valence-electron chi connectivity index (χ4n) is 2.03. The predicted molar refractivity (Wildman–Crippen MR) is 84.1 cm³/mol. The molecule has 1 rings (SSSR count). The number of alkyl halides is 1. The number of hydrogen-bond donors (Lipinski definition) is 0. The standard InChI is InChI=1S/C15H19ClO4S/c1-3-4-10-13(21(18)19)11-15(16,14(17)20-2)12-8-6-5-7-9-12/h5-9H,3-4,10-11H2,1-2H3.